The van der Waals surface area contributed by atoms with E-state index in [1.807, 2.05) is 7.05 Å². The lowest BCUT2D eigenvalue weighted by Gasteiger charge is -1.96. The molecule has 1 aromatic heterocycles. The molecule has 0 atom stereocenters. The predicted molar refractivity (Wildman–Crippen MR) is 45.6 cm³/mol. The SMILES string of the molecule is CNc1ccsc1SC. The van der Waals surface area contributed by atoms with Crippen LogP contribution < -0.4 is 5.32 Å². The third-order valence-electron chi connectivity index (χ3n) is 1.08. The Labute approximate surface area is 63.5 Å². The standard InChI is InChI=1S/C6H9NS2/c1-7-5-3-4-9-6(5)8-2/h3-4,7H,1-2H3. The second-order valence-corrected chi connectivity index (χ2v) is 3.57. The molecule has 0 spiro atoms. The zero-order chi connectivity index (χ0) is 6.69. The van der Waals surface area contributed by atoms with Gasteiger partial charge in [-0.05, 0) is 17.7 Å². The van der Waals surface area contributed by atoms with Gasteiger partial charge in [0.05, 0.1) is 9.90 Å². The smallest absolute Gasteiger partial charge is 0.0827 e. The molecule has 1 aromatic rings. The molecule has 0 fully saturated rings. The van der Waals surface area contributed by atoms with Crippen LogP contribution in [0, 0.1) is 0 Å². The van der Waals surface area contributed by atoms with Crippen LogP contribution in [-0.2, 0) is 0 Å². The van der Waals surface area contributed by atoms with Gasteiger partial charge in [-0.3, -0.25) is 0 Å². The van der Waals surface area contributed by atoms with Gasteiger partial charge in [-0.2, -0.15) is 0 Å². The molecule has 0 radical (unpaired) electrons. The van der Waals surface area contributed by atoms with E-state index in [0.29, 0.717) is 0 Å². The number of hydrogen-bond donors (Lipinski definition) is 1. The van der Waals surface area contributed by atoms with Crippen LogP contribution in [0.15, 0.2) is 15.7 Å². The van der Waals surface area contributed by atoms with Crippen molar-refractivity contribution in [2.24, 2.45) is 0 Å². The van der Waals surface area contributed by atoms with Crippen LogP contribution in [0.4, 0.5) is 5.69 Å². The van der Waals surface area contributed by atoms with E-state index in [2.05, 4.69) is 23.0 Å². The molecule has 0 saturated heterocycles. The minimum atomic E-state index is 1.24. The van der Waals surface area contributed by atoms with Crippen molar-refractivity contribution in [3.05, 3.63) is 11.4 Å². The highest BCUT2D eigenvalue weighted by Gasteiger charge is 1.97. The fourth-order valence-corrected chi connectivity index (χ4v) is 2.21. The number of nitrogens with one attached hydrogen (secondary N) is 1. The zero-order valence-corrected chi connectivity index (χ0v) is 7.10. The van der Waals surface area contributed by atoms with Crippen molar-refractivity contribution in [1.29, 1.82) is 0 Å². The largest absolute Gasteiger partial charge is 0.387 e. The lowest BCUT2D eigenvalue weighted by Crippen LogP contribution is -1.84. The summed E-state index contributed by atoms with van der Waals surface area (Å²) in [6.45, 7) is 0. The summed E-state index contributed by atoms with van der Waals surface area (Å²) < 4.78 is 1.36. The topological polar surface area (TPSA) is 12.0 Å². The van der Waals surface area contributed by atoms with Gasteiger partial charge in [0.15, 0.2) is 0 Å². The monoisotopic (exact) mass is 159 g/mol. The van der Waals surface area contributed by atoms with Crippen molar-refractivity contribution in [3.8, 4) is 0 Å². The van der Waals surface area contributed by atoms with Crippen LogP contribution in [0.1, 0.15) is 0 Å². The van der Waals surface area contributed by atoms with Gasteiger partial charge in [0, 0.05) is 7.05 Å². The van der Waals surface area contributed by atoms with Crippen molar-refractivity contribution >= 4 is 28.8 Å². The van der Waals surface area contributed by atoms with Gasteiger partial charge >= 0.3 is 0 Å². The van der Waals surface area contributed by atoms with E-state index in [1.165, 1.54) is 9.90 Å². The first-order valence-electron chi connectivity index (χ1n) is 2.67. The Hall–Kier alpha value is -0.150. The second-order valence-electron chi connectivity index (χ2n) is 1.58. The predicted octanol–water partition coefficient (Wildman–Crippen LogP) is 2.51. The molecule has 0 aromatic carbocycles. The van der Waals surface area contributed by atoms with Gasteiger partial charge in [-0.15, -0.1) is 23.1 Å². The van der Waals surface area contributed by atoms with Crippen LogP contribution in [0.25, 0.3) is 0 Å². The zero-order valence-electron chi connectivity index (χ0n) is 5.47. The number of hydrogen-bond acceptors (Lipinski definition) is 3. The Morgan fingerprint density at radius 3 is 2.89 bits per heavy atom. The van der Waals surface area contributed by atoms with E-state index < -0.39 is 0 Å². The molecule has 0 aliphatic rings. The summed E-state index contributed by atoms with van der Waals surface area (Å²) in [5.74, 6) is 0. The summed E-state index contributed by atoms with van der Waals surface area (Å²) in [6, 6.07) is 2.09. The minimum Gasteiger partial charge on any atom is -0.387 e. The van der Waals surface area contributed by atoms with Gasteiger partial charge in [0.25, 0.3) is 0 Å². The molecule has 1 heterocycles. The first kappa shape index (κ1) is 6.96. The van der Waals surface area contributed by atoms with Gasteiger partial charge in [-0.25, -0.2) is 0 Å². The average molecular weight is 159 g/mol. The van der Waals surface area contributed by atoms with E-state index in [1.54, 1.807) is 23.1 Å². The Balaban J connectivity index is 2.85. The van der Waals surface area contributed by atoms with Gasteiger partial charge in [0.2, 0.25) is 0 Å². The van der Waals surface area contributed by atoms with Crippen molar-refractivity contribution < 1.29 is 0 Å². The maximum Gasteiger partial charge on any atom is 0.0827 e. The van der Waals surface area contributed by atoms with Crippen molar-refractivity contribution in [3.63, 3.8) is 0 Å². The molecule has 0 bridgehead atoms. The molecular weight excluding hydrogens is 150 g/mol. The van der Waals surface area contributed by atoms with Crippen molar-refractivity contribution in [2.75, 3.05) is 18.6 Å². The summed E-state index contributed by atoms with van der Waals surface area (Å²) in [5, 5.41) is 5.21. The maximum atomic E-state index is 3.12. The molecular formula is C6H9NS2. The number of anilines is 1. The molecule has 50 valence electrons. The fraction of sp³-hybridized carbons (Fsp3) is 0.333. The lowest BCUT2D eigenvalue weighted by atomic mass is 10.5. The summed E-state index contributed by atoms with van der Waals surface area (Å²) in [5.41, 5.74) is 1.24. The highest BCUT2D eigenvalue weighted by Crippen LogP contribution is 2.30. The van der Waals surface area contributed by atoms with E-state index in [9.17, 15) is 0 Å². The summed E-state index contributed by atoms with van der Waals surface area (Å²) in [7, 11) is 1.95. The number of thioether (sulfide) groups is 1. The lowest BCUT2D eigenvalue weighted by molar-refractivity contribution is 1.49. The summed E-state index contributed by atoms with van der Waals surface area (Å²) >= 11 is 3.56. The van der Waals surface area contributed by atoms with Gasteiger partial charge in [-0.1, -0.05) is 0 Å². The Bertz CT molecular complexity index is 164. The van der Waals surface area contributed by atoms with Crippen LogP contribution in [0.3, 0.4) is 0 Å². The number of rotatable bonds is 2. The summed E-state index contributed by atoms with van der Waals surface area (Å²) in [6.07, 6.45) is 2.09. The first-order valence-corrected chi connectivity index (χ1v) is 4.78. The molecule has 9 heavy (non-hydrogen) atoms. The summed E-state index contributed by atoms with van der Waals surface area (Å²) in [4.78, 5) is 0. The second kappa shape index (κ2) is 3.13. The van der Waals surface area contributed by atoms with E-state index >= 15 is 0 Å². The molecule has 0 aliphatic heterocycles. The first-order chi connectivity index (χ1) is 4.38. The Kier molecular flexibility index (Phi) is 2.42. The van der Waals surface area contributed by atoms with Gasteiger partial charge < -0.3 is 5.32 Å². The van der Waals surface area contributed by atoms with E-state index in [0.717, 1.165) is 0 Å². The van der Waals surface area contributed by atoms with Crippen LogP contribution >= 0.6 is 23.1 Å². The van der Waals surface area contributed by atoms with Gasteiger partial charge in [0.1, 0.15) is 0 Å². The fourth-order valence-electron chi connectivity index (χ4n) is 0.639. The normalized spacial score (nSPS) is 9.56. The van der Waals surface area contributed by atoms with Crippen LogP contribution in [-0.4, -0.2) is 13.3 Å². The number of thiophene rings is 1. The Morgan fingerprint density at radius 1 is 1.67 bits per heavy atom. The molecule has 0 aliphatic carbocycles. The molecule has 1 rings (SSSR count). The highest BCUT2D eigenvalue weighted by molar-refractivity contribution is 8.00. The minimum absolute atomic E-state index is 1.24. The van der Waals surface area contributed by atoms with E-state index in [-0.39, 0.29) is 0 Å². The quantitative estimate of drug-likeness (QED) is 0.665. The molecule has 3 heteroatoms. The molecule has 0 amide bonds. The third-order valence-corrected chi connectivity index (χ3v) is 3.17. The molecule has 0 unspecified atom stereocenters. The molecule has 0 saturated carbocycles. The van der Waals surface area contributed by atoms with E-state index in [4.69, 9.17) is 0 Å². The van der Waals surface area contributed by atoms with Crippen LogP contribution in [0.2, 0.25) is 0 Å². The maximum absolute atomic E-state index is 3.12. The highest BCUT2D eigenvalue weighted by atomic mass is 32.2. The average Bonchev–Trinajstić information content (AvgIpc) is 2.33. The van der Waals surface area contributed by atoms with Crippen molar-refractivity contribution in [1.82, 2.24) is 0 Å². The Morgan fingerprint density at radius 2 is 2.44 bits per heavy atom. The van der Waals surface area contributed by atoms with Crippen LogP contribution in [0.5, 0.6) is 0 Å². The molecule has 1 N–H and O–H groups in total. The molecule has 1 nitrogen and oxygen atoms in total. The van der Waals surface area contributed by atoms with Crippen molar-refractivity contribution in [2.45, 2.75) is 4.21 Å². The third kappa shape index (κ3) is 1.40.